The van der Waals surface area contributed by atoms with E-state index < -0.39 is 0 Å². The normalized spacial score (nSPS) is 10.6. The lowest BCUT2D eigenvalue weighted by atomic mass is 10.1. The first kappa shape index (κ1) is 20.9. The van der Waals surface area contributed by atoms with Gasteiger partial charge in [-0.1, -0.05) is 53.8 Å². The average molecular weight is 449 g/mol. The Bertz CT molecular complexity index is 1160. The number of amides is 2. The molecule has 0 unspecified atom stereocenters. The summed E-state index contributed by atoms with van der Waals surface area (Å²) in [6, 6.07) is 20.6. The van der Waals surface area contributed by atoms with Gasteiger partial charge < -0.3 is 5.32 Å². The van der Waals surface area contributed by atoms with E-state index >= 15 is 0 Å². The number of benzene rings is 2. The van der Waals surface area contributed by atoms with Crippen molar-refractivity contribution in [3.8, 4) is 10.6 Å². The molecule has 0 bridgehead atoms. The van der Waals surface area contributed by atoms with Gasteiger partial charge in [0.2, 0.25) is 11.0 Å². The molecule has 0 aliphatic carbocycles. The van der Waals surface area contributed by atoms with Crippen LogP contribution in [-0.2, 0) is 11.2 Å². The number of aromatic nitrogens is 2. The number of nitrogens with one attached hydrogen (secondary N) is 2. The van der Waals surface area contributed by atoms with Gasteiger partial charge in [0.05, 0.1) is 0 Å². The van der Waals surface area contributed by atoms with Crippen LogP contribution in [0, 0.1) is 0 Å². The summed E-state index contributed by atoms with van der Waals surface area (Å²) in [5, 5.41) is 17.0. The van der Waals surface area contributed by atoms with Crippen LogP contribution in [0.25, 0.3) is 10.6 Å². The smallest absolute Gasteiger partial charge is 0.257 e. The Balaban J connectivity index is 1.32. The molecule has 0 saturated heterocycles. The van der Waals surface area contributed by atoms with Gasteiger partial charge in [0.1, 0.15) is 5.01 Å². The quantitative estimate of drug-likeness (QED) is 0.374. The van der Waals surface area contributed by atoms with Gasteiger partial charge in [0, 0.05) is 28.1 Å². The van der Waals surface area contributed by atoms with Gasteiger partial charge >= 0.3 is 0 Å². The zero-order valence-corrected chi connectivity index (χ0v) is 18.2. The molecule has 0 atom stereocenters. The minimum atomic E-state index is -0.301. The Hall–Kier alpha value is -3.36. The van der Waals surface area contributed by atoms with Crippen molar-refractivity contribution in [2.24, 2.45) is 0 Å². The minimum Gasteiger partial charge on any atom is -0.326 e. The molecule has 0 radical (unpaired) electrons. The first-order valence-electron chi connectivity index (χ1n) is 9.80. The number of thiophene rings is 1. The van der Waals surface area contributed by atoms with Crippen LogP contribution in [0.4, 0.5) is 10.8 Å². The molecule has 0 saturated carbocycles. The van der Waals surface area contributed by atoms with E-state index in [2.05, 4.69) is 26.9 Å². The SMILES string of the molecule is O=C(CCCc1cccs1)Nc1cccc(C(=O)Nc2nnc(-c3ccccc3)s2)c1. The summed E-state index contributed by atoms with van der Waals surface area (Å²) in [6.45, 7) is 0. The number of aryl methyl sites for hydroxylation is 1. The highest BCUT2D eigenvalue weighted by molar-refractivity contribution is 7.18. The molecule has 0 aliphatic rings. The highest BCUT2D eigenvalue weighted by atomic mass is 32.1. The van der Waals surface area contributed by atoms with Crippen LogP contribution in [0.3, 0.4) is 0 Å². The van der Waals surface area contributed by atoms with Crippen molar-refractivity contribution in [2.75, 3.05) is 10.6 Å². The fourth-order valence-electron chi connectivity index (χ4n) is 2.98. The van der Waals surface area contributed by atoms with Crippen LogP contribution in [0.5, 0.6) is 0 Å². The first-order valence-corrected chi connectivity index (χ1v) is 11.5. The van der Waals surface area contributed by atoms with Crippen molar-refractivity contribution >= 4 is 45.3 Å². The van der Waals surface area contributed by atoms with Crippen molar-refractivity contribution in [3.63, 3.8) is 0 Å². The van der Waals surface area contributed by atoms with E-state index in [-0.39, 0.29) is 11.8 Å². The number of hydrogen-bond acceptors (Lipinski definition) is 6. The van der Waals surface area contributed by atoms with Gasteiger partial charge in [-0.25, -0.2) is 0 Å². The maximum atomic E-state index is 12.6. The number of rotatable bonds is 8. The van der Waals surface area contributed by atoms with Gasteiger partial charge in [0.25, 0.3) is 5.91 Å². The van der Waals surface area contributed by atoms with Crippen LogP contribution in [-0.4, -0.2) is 22.0 Å². The van der Waals surface area contributed by atoms with Crippen LogP contribution in [0.15, 0.2) is 72.1 Å². The largest absolute Gasteiger partial charge is 0.326 e. The Morgan fingerprint density at radius 2 is 1.77 bits per heavy atom. The summed E-state index contributed by atoms with van der Waals surface area (Å²) in [5.41, 5.74) is 1.98. The third-order valence-electron chi connectivity index (χ3n) is 4.48. The average Bonchev–Trinajstić information content (AvgIpc) is 3.47. The second kappa shape index (κ2) is 10.1. The van der Waals surface area contributed by atoms with Gasteiger partial charge in [-0.05, 0) is 42.5 Å². The summed E-state index contributed by atoms with van der Waals surface area (Å²) in [6.07, 6.45) is 2.11. The Labute approximate surface area is 188 Å². The molecule has 0 spiro atoms. The van der Waals surface area contributed by atoms with E-state index in [9.17, 15) is 9.59 Å². The van der Waals surface area contributed by atoms with Gasteiger partial charge in [-0.2, -0.15) is 0 Å². The molecule has 2 N–H and O–H groups in total. The predicted octanol–water partition coefficient (Wildman–Crippen LogP) is 5.48. The van der Waals surface area contributed by atoms with Crippen LogP contribution >= 0.6 is 22.7 Å². The molecule has 156 valence electrons. The first-order chi connectivity index (χ1) is 15.2. The standard InChI is InChI=1S/C23H20N4O2S2/c28-20(13-5-11-19-12-6-14-30-19)24-18-10-4-9-17(15-18)21(29)25-23-27-26-22(31-23)16-7-2-1-3-8-16/h1-4,6-10,12,14-15H,5,11,13H2,(H,24,28)(H,25,27,29). The second-order valence-corrected chi connectivity index (χ2v) is 8.80. The van der Waals surface area contributed by atoms with Crippen molar-refractivity contribution in [1.82, 2.24) is 10.2 Å². The van der Waals surface area contributed by atoms with Crippen molar-refractivity contribution in [2.45, 2.75) is 19.3 Å². The Morgan fingerprint density at radius 1 is 0.903 bits per heavy atom. The molecular formula is C23H20N4O2S2. The molecule has 8 heteroatoms. The van der Waals surface area contributed by atoms with Gasteiger partial charge in [0.15, 0.2) is 0 Å². The van der Waals surface area contributed by atoms with Crippen molar-refractivity contribution in [1.29, 1.82) is 0 Å². The number of carbonyl (C=O) groups excluding carboxylic acids is 2. The highest BCUT2D eigenvalue weighted by Gasteiger charge is 2.12. The molecule has 2 aromatic carbocycles. The number of nitrogens with zero attached hydrogens (tertiary/aromatic N) is 2. The molecule has 0 aliphatic heterocycles. The number of hydrogen-bond donors (Lipinski definition) is 2. The number of anilines is 2. The van der Waals surface area contributed by atoms with Crippen molar-refractivity contribution < 1.29 is 9.59 Å². The second-order valence-electron chi connectivity index (χ2n) is 6.79. The molecule has 4 aromatic rings. The third kappa shape index (κ3) is 5.84. The molecule has 31 heavy (non-hydrogen) atoms. The Kier molecular flexibility index (Phi) is 6.81. The molecule has 4 rings (SSSR count). The molecule has 0 fully saturated rings. The zero-order chi connectivity index (χ0) is 21.5. The van der Waals surface area contributed by atoms with E-state index in [0.29, 0.717) is 22.8 Å². The maximum Gasteiger partial charge on any atom is 0.257 e. The lowest BCUT2D eigenvalue weighted by Crippen LogP contribution is -2.14. The monoisotopic (exact) mass is 448 g/mol. The van der Waals surface area contributed by atoms with Gasteiger partial charge in [-0.15, -0.1) is 21.5 Å². The molecule has 2 amide bonds. The molecule has 2 aromatic heterocycles. The van der Waals surface area contributed by atoms with E-state index in [1.807, 2.05) is 41.8 Å². The highest BCUT2D eigenvalue weighted by Crippen LogP contribution is 2.26. The Morgan fingerprint density at radius 3 is 2.58 bits per heavy atom. The molecular weight excluding hydrogens is 428 g/mol. The lowest BCUT2D eigenvalue weighted by Gasteiger charge is -2.07. The molecule has 6 nitrogen and oxygen atoms in total. The fraction of sp³-hybridized carbons (Fsp3) is 0.130. The maximum absolute atomic E-state index is 12.6. The zero-order valence-electron chi connectivity index (χ0n) is 16.6. The summed E-state index contributed by atoms with van der Waals surface area (Å²) < 4.78 is 0. The predicted molar refractivity (Wildman–Crippen MR) is 126 cm³/mol. The van der Waals surface area contributed by atoms with E-state index in [1.165, 1.54) is 16.2 Å². The lowest BCUT2D eigenvalue weighted by molar-refractivity contribution is -0.116. The fourth-order valence-corrected chi connectivity index (χ4v) is 4.48. The van der Waals surface area contributed by atoms with Crippen molar-refractivity contribution in [3.05, 3.63) is 82.6 Å². The summed E-state index contributed by atoms with van der Waals surface area (Å²) >= 11 is 3.01. The van der Waals surface area contributed by atoms with Crippen LogP contribution < -0.4 is 10.6 Å². The topological polar surface area (TPSA) is 84.0 Å². The third-order valence-corrected chi connectivity index (χ3v) is 6.31. The minimum absolute atomic E-state index is 0.0641. The van der Waals surface area contributed by atoms with E-state index in [0.717, 1.165) is 23.4 Å². The summed E-state index contributed by atoms with van der Waals surface area (Å²) in [7, 11) is 0. The molecule has 2 heterocycles. The van der Waals surface area contributed by atoms with E-state index in [4.69, 9.17) is 0 Å². The van der Waals surface area contributed by atoms with Crippen LogP contribution in [0.2, 0.25) is 0 Å². The van der Waals surface area contributed by atoms with E-state index in [1.54, 1.807) is 35.6 Å². The number of carbonyl (C=O) groups is 2. The van der Waals surface area contributed by atoms with Gasteiger partial charge in [-0.3, -0.25) is 14.9 Å². The summed E-state index contributed by atoms with van der Waals surface area (Å²) in [4.78, 5) is 26.1. The summed E-state index contributed by atoms with van der Waals surface area (Å²) in [5.74, 6) is -0.365. The van der Waals surface area contributed by atoms with Crippen LogP contribution in [0.1, 0.15) is 28.1 Å².